The van der Waals surface area contributed by atoms with Gasteiger partial charge < -0.3 is 5.73 Å². The van der Waals surface area contributed by atoms with Crippen molar-refractivity contribution in [3.8, 4) is 0 Å². The molecule has 1 aromatic rings. The first-order valence-electron chi connectivity index (χ1n) is 4.31. The maximum absolute atomic E-state index is 11.4. The molecule has 0 unspecified atom stereocenters. The van der Waals surface area contributed by atoms with Gasteiger partial charge in [0, 0.05) is 19.3 Å². The molecule has 0 saturated carbocycles. The van der Waals surface area contributed by atoms with Crippen LogP contribution in [-0.2, 0) is 15.8 Å². The fourth-order valence-corrected chi connectivity index (χ4v) is 2.23. The van der Waals surface area contributed by atoms with Gasteiger partial charge in [0.2, 0.25) is 10.0 Å². The predicted molar refractivity (Wildman–Crippen MR) is 66.2 cm³/mol. The Morgan fingerprint density at radius 3 is 2.62 bits per heavy atom. The number of nitrogens with two attached hydrogens (primary N) is 1. The number of aromatic nitrogens is 1. The second-order valence-corrected chi connectivity index (χ2v) is 5.13. The smallest absolute Gasteiger partial charge is 0.215 e. The molecule has 0 fully saturated rings. The van der Waals surface area contributed by atoms with Crippen molar-refractivity contribution in [2.45, 2.75) is 5.75 Å². The number of nitrogens with zero attached hydrogens (tertiary/aromatic N) is 1. The molecule has 0 bridgehead atoms. The van der Waals surface area contributed by atoms with Gasteiger partial charge in [-0.1, -0.05) is 17.7 Å². The quantitative estimate of drug-likeness (QED) is 0.773. The van der Waals surface area contributed by atoms with Crippen LogP contribution in [0.3, 0.4) is 0 Å². The molecule has 8 heteroatoms. The maximum atomic E-state index is 11.4. The Hall–Kier alpha value is -0.400. The van der Waals surface area contributed by atoms with Crippen molar-refractivity contribution in [3.63, 3.8) is 0 Å². The molecule has 0 aromatic carbocycles. The van der Waals surface area contributed by atoms with Crippen molar-refractivity contribution >= 4 is 34.0 Å². The molecular weight excluding hydrogens is 273 g/mol. The van der Waals surface area contributed by atoms with Crippen LogP contribution in [0, 0.1) is 0 Å². The van der Waals surface area contributed by atoms with Crippen LogP contribution in [0.25, 0.3) is 0 Å². The zero-order valence-electron chi connectivity index (χ0n) is 8.39. The van der Waals surface area contributed by atoms with Gasteiger partial charge in [0.15, 0.2) is 0 Å². The number of hydrogen-bond donors (Lipinski definition) is 2. The third-order valence-electron chi connectivity index (χ3n) is 1.61. The van der Waals surface area contributed by atoms with Crippen LogP contribution in [0.5, 0.6) is 0 Å². The average Bonchev–Trinajstić information content (AvgIpc) is 2.18. The number of halogens is 2. The minimum Gasteiger partial charge on any atom is -0.329 e. The molecule has 0 amide bonds. The van der Waals surface area contributed by atoms with Gasteiger partial charge in [-0.15, -0.1) is 12.4 Å². The molecule has 1 rings (SSSR count). The summed E-state index contributed by atoms with van der Waals surface area (Å²) in [6.45, 7) is 0.515. The van der Waals surface area contributed by atoms with Crippen molar-refractivity contribution in [3.05, 3.63) is 29.0 Å². The summed E-state index contributed by atoms with van der Waals surface area (Å²) in [5, 5.41) is 0.339. The number of sulfonamides is 1. The fraction of sp³-hybridized carbons (Fsp3) is 0.375. The number of hydrogen-bond acceptors (Lipinski definition) is 4. The van der Waals surface area contributed by atoms with E-state index in [0.717, 1.165) is 0 Å². The minimum atomic E-state index is -3.32. The number of pyridine rings is 1. The molecule has 0 atom stereocenters. The van der Waals surface area contributed by atoms with E-state index in [-0.39, 0.29) is 31.2 Å². The molecular formula is C8H13Cl2N3O2S. The molecule has 0 saturated heterocycles. The normalized spacial score (nSPS) is 10.9. The third kappa shape index (κ3) is 5.62. The van der Waals surface area contributed by atoms with Crippen molar-refractivity contribution in [2.75, 3.05) is 13.1 Å². The van der Waals surface area contributed by atoms with E-state index in [1.807, 2.05) is 0 Å². The topological polar surface area (TPSA) is 85.1 Å². The summed E-state index contributed by atoms with van der Waals surface area (Å²) in [6, 6.07) is 3.17. The van der Waals surface area contributed by atoms with Crippen LogP contribution in [-0.4, -0.2) is 26.5 Å². The van der Waals surface area contributed by atoms with Gasteiger partial charge in [0.05, 0.1) is 5.75 Å². The lowest BCUT2D eigenvalue weighted by molar-refractivity contribution is 0.581. The largest absolute Gasteiger partial charge is 0.329 e. The molecule has 0 aliphatic heterocycles. The lowest BCUT2D eigenvalue weighted by Crippen LogP contribution is -2.30. The molecule has 3 N–H and O–H groups in total. The summed E-state index contributed by atoms with van der Waals surface area (Å²) < 4.78 is 25.2. The molecule has 92 valence electrons. The van der Waals surface area contributed by atoms with Gasteiger partial charge in [0.25, 0.3) is 0 Å². The second-order valence-electron chi connectivity index (χ2n) is 2.93. The second kappa shape index (κ2) is 7.03. The van der Waals surface area contributed by atoms with Gasteiger partial charge in [-0.3, -0.25) is 0 Å². The van der Waals surface area contributed by atoms with E-state index in [9.17, 15) is 8.42 Å². The summed E-state index contributed by atoms with van der Waals surface area (Å²) in [6.07, 6.45) is 1.43. The molecule has 5 nitrogen and oxygen atoms in total. The summed E-state index contributed by atoms with van der Waals surface area (Å²) in [4.78, 5) is 3.79. The van der Waals surface area contributed by atoms with Crippen LogP contribution < -0.4 is 10.5 Å². The first-order valence-corrected chi connectivity index (χ1v) is 6.34. The van der Waals surface area contributed by atoms with Crippen molar-refractivity contribution in [1.82, 2.24) is 9.71 Å². The molecule has 0 radical (unpaired) electrons. The van der Waals surface area contributed by atoms with Gasteiger partial charge in [-0.25, -0.2) is 18.1 Å². The fourth-order valence-electron chi connectivity index (χ4n) is 0.977. The van der Waals surface area contributed by atoms with E-state index >= 15 is 0 Å². The Morgan fingerprint density at radius 2 is 2.12 bits per heavy atom. The van der Waals surface area contributed by atoms with Crippen molar-refractivity contribution in [1.29, 1.82) is 0 Å². The highest BCUT2D eigenvalue weighted by atomic mass is 35.5. The van der Waals surface area contributed by atoms with E-state index < -0.39 is 10.0 Å². The molecule has 0 aliphatic rings. The van der Waals surface area contributed by atoms with Gasteiger partial charge >= 0.3 is 0 Å². The van der Waals surface area contributed by atoms with E-state index in [0.29, 0.717) is 10.7 Å². The molecule has 0 spiro atoms. The third-order valence-corrected chi connectivity index (χ3v) is 3.19. The van der Waals surface area contributed by atoms with Crippen LogP contribution in [0.2, 0.25) is 5.15 Å². The lowest BCUT2D eigenvalue weighted by Gasteiger charge is -2.04. The van der Waals surface area contributed by atoms with E-state index in [2.05, 4.69) is 9.71 Å². The van der Waals surface area contributed by atoms with Crippen molar-refractivity contribution < 1.29 is 8.42 Å². The van der Waals surface area contributed by atoms with Crippen LogP contribution in [0.1, 0.15) is 5.56 Å². The van der Waals surface area contributed by atoms with Crippen LogP contribution in [0.4, 0.5) is 0 Å². The van der Waals surface area contributed by atoms with Gasteiger partial charge in [-0.2, -0.15) is 0 Å². The Balaban J connectivity index is 0.00000225. The highest BCUT2D eigenvalue weighted by Gasteiger charge is 2.10. The first kappa shape index (κ1) is 15.6. The Kier molecular flexibility index (Phi) is 6.85. The highest BCUT2D eigenvalue weighted by molar-refractivity contribution is 7.88. The zero-order chi connectivity index (χ0) is 11.3. The summed E-state index contributed by atoms with van der Waals surface area (Å²) in [5.41, 5.74) is 5.78. The Labute approximate surface area is 106 Å². The first-order chi connectivity index (χ1) is 7.03. The summed E-state index contributed by atoms with van der Waals surface area (Å²) in [7, 11) is -3.32. The number of nitrogens with one attached hydrogen (secondary N) is 1. The standard InChI is InChI=1S/C8H12ClN3O2S.ClH/c9-8-2-1-7(5-11-8)6-15(13,14)12-4-3-10;/h1-2,5,12H,3-4,6,10H2;1H. The van der Waals surface area contributed by atoms with E-state index in [4.69, 9.17) is 17.3 Å². The van der Waals surface area contributed by atoms with Crippen LogP contribution >= 0.6 is 24.0 Å². The maximum Gasteiger partial charge on any atom is 0.215 e. The van der Waals surface area contributed by atoms with Crippen molar-refractivity contribution in [2.24, 2.45) is 5.73 Å². The zero-order valence-corrected chi connectivity index (χ0v) is 10.8. The Bertz CT molecular complexity index is 408. The molecule has 0 aliphatic carbocycles. The minimum absolute atomic E-state index is 0. The number of rotatable bonds is 5. The summed E-state index contributed by atoms with van der Waals surface area (Å²) in [5.74, 6) is -0.114. The highest BCUT2D eigenvalue weighted by Crippen LogP contribution is 2.07. The molecule has 1 heterocycles. The monoisotopic (exact) mass is 285 g/mol. The van der Waals surface area contributed by atoms with E-state index in [1.165, 1.54) is 6.20 Å². The summed E-state index contributed by atoms with van der Waals surface area (Å²) >= 11 is 5.57. The van der Waals surface area contributed by atoms with E-state index in [1.54, 1.807) is 12.1 Å². The molecule has 1 aromatic heterocycles. The SMILES string of the molecule is Cl.NCCNS(=O)(=O)Cc1ccc(Cl)nc1. The average molecular weight is 286 g/mol. The molecule has 16 heavy (non-hydrogen) atoms. The van der Waals surface area contributed by atoms with Crippen LogP contribution in [0.15, 0.2) is 18.3 Å². The van der Waals surface area contributed by atoms with Gasteiger partial charge in [0.1, 0.15) is 5.15 Å². The lowest BCUT2D eigenvalue weighted by atomic mass is 10.3. The Morgan fingerprint density at radius 1 is 1.44 bits per heavy atom. The predicted octanol–water partition coefficient (Wildman–Crippen LogP) is 0.535. The van der Waals surface area contributed by atoms with Gasteiger partial charge in [-0.05, 0) is 11.6 Å².